The van der Waals surface area contributed by atoms with Crippen molar-refractivity contribution in [3.05, 3.63) is 42.5 Å². The number of ether oxygens (including phenoxy) is 2. The Bertz CT molecular complexity index is 538. The van der Waals surface area contributed by atoms with Crippen molar-refractivity contribution in [3.8, 4) is 5.75 Å². The largest absolute Gasteiger partial charge is 0.497 e. The molecule has 1 heterocycles. The second kappa shape index (κ2) is 6.43. The van der Waals surface area contributed by atoms with Gasteiger partial charge in [-0.05, 0) is 17.7 Å². The second-order valence-corrected chi connectivity index (χ2v) is 4.97. The monoisotopic (exact) mass is 289 g/mol. The topological polar surface area (TPSA) is 55.8 Å². The Balaban J connectivity index is 2.11. The van der Waals surface area contributed by atoms with E-state index in [1.807, 2.05) is 24.3 Å². The summed E-state index contributed by atoms with van der Waals surface area (Å²) < 4.78 is 9.82. The van der Waals surface area contributed by atoms with Gasteiger partial charge in [-0.25, -0.2) is 0 Å². The van der Waals surface area contributed by atoms with Gasteiger partial charge in [-0.15, -0.1) is 6.58 Å². The lowest BCUT2D eigenvalue weighted by Crippen LogP contribution is -2.31. The van der Waals surface area contributed by atoms with E-state index >= 15 is 0 Å². The van der Waals surface area contributed by atoms with Crippen LogP contribution < -0.4 is 4.74 Å². The Morgan fingerprint density at radius 2 is 2.05 bits per heavy atom. The zero-order valence-corrected chi connectivity index (χ0v) is 12.2. The third-order valence-corrected chi connectivity index (χ3v) is 3.73. The number of rotatable bonds is 5. The van der Waals surface area contributed by atoms with Crippen molar-refractivity contribution in [2.45, 2.75) is 6.54 Å². The molecule has 2 atom stereocenters. The van der Waals surface area contributed by atoms with Gasteiger partial charge >= 0.3 is 5.97 Å². The average molecular weight is 289 g/mol. The molecule has 0 bridgehead atoms. The summed E-state index contributed by atoms with van der Waals surface area (Å²) in [6.07, 6.45) is 1.65. The molecule has 0 unspecified atom stereocenters. The molecule has 1 fully saturated rings. The number of amides is 1. The predicted molar refractivity (Wildman–Crippen MR) is 77.6 cm³/mol. The van der Waals surface area contributed by atoms with Crippen molar-refractivity contribution >= 4 is 11.9 Å². The standard InChI is InChI=1S/C16H19NO4/c1-4-12-10-17(15(18)14(12)16(19)21-3)9-11-5-7-13(20-2)8-6-11/h4-8,12,14H,1,9-10H2,2-3H3/t12-,14+/m0/s1. The van der Waals surface area contributed by atoms with Crippen LogP contribution in [0.25, 0.3) is 0 Å². The van der Waals surface area contributed by atoms with E-state index in [4.69, 9.17) is 9.47 Å². The van der Waals surface area contributed by atoms with E-state index in [2.05, 4.69) is 6.58 Å². The summed E-state index contributed by atoms with van der Waals surface area (Å²) in [6.45, 7) is 4.64. The van der Waals surface area contributed by atoms with Gasteiger partial charge in [-0.2, -0.15) is 0 Å². The van der Waals surface area contributed by atoms with E-state index in [0.29, 0.717) is 13.1 Å². The van der Waals surface area contributed by atoms with Crippen LogP contribution in [0.2, 0.25) is 0 Å². The highest BCUT2D eigenvalue weighted by atomic mass is 16.5. The fraction of sp³-hybridized carbons (Fsp3) is 0.375. The maximum absolute atomic E-state index is 12.4. The van der Waals surface area contributed by atoms with E-state index in [0.717, 1.165) is 11.3 Å². The van der Waals surface area contributed by atoms with E-state index in [-0.39, 0.29) is 11.8 Å². The molecule has 0 aliphatic carbocycles. The zero-order chi connectivity index (χ0) is 15.4. The van der Waals surface area contributed by atoms with Crippen molar-refractivity contribution in [2.75, 3.05) is 20.8 Å². The molecular formula is C16H19NO4. The Hall–Kier alpha value is -2.30. The number of esters is 1. The number of hydrogen-bond donors (Lipinski definition) is 0. The molecular weight excluding hydrogens is 270 g/mol. The molecule has 1 aromatic rings. The number of carbonyl (C=O) groups excluding carboxylic acids is 2. The predicted octanol–water partition coefficient (Wildman–Crippen LogP) is 1.63. The highest BCUT2D eigenvalue weighted by molar-refractivity contribution is 6.00. The highest BCUT2D eigenvalue weighted by Crippen LogP contribution is 2.28. The van der Waals surface area contributed by atoms with Crippen molar-refractivity contribution in [2.24, 2.45) is 11.8 Å². The molecule has 0 saturated carbocycles. The van der Waals surface area contributed by atoms with Gasteiger partial charge in [0, 0.05) is 19.0 Å². The lowest BCUT2D eigenvalue weighted by Gasteiger charge is -2.16. The average Bonchev–Trinajstić information content (AvgIpc) is 2.83. The molecule has 0 aromatic heterocycles. The molecule has 1 aliphatic heterocycles. The van der Waals surface area contributed by atoms with Gasteiger partial charge < -0.3 is 14.4 Å². The molecule has 5 nitrogen and oxygen atoms in total. The molecule has 1 aromatic carbocycles. The first-order valence-electron chi connectivity index (χ1n) is 6.72. The van der Waals surface area contributed by atoms with Gasteiger partial charge in [0.05, 0.1) is 14.2 Å². The number of nitrogens with zero attached hydrogens (tertiary/aromatic N) is 1. The number of carbonyl (C=O) groups is 2. The van der Waals surface area contributed by atoms with E-state index in [9.17, 15) is 9.59 Å². The first kappa shape index (κ1) is 15.1. The minimum Gasteiger partial charge on any atom is -0.497 e. The Kier molecular flexibility index (Phi) is 4.62. The minimum atomic E-state index is -0.772. The van der Waals surface area contributed by atoms with Gasteiger partial charge in [-0.1, -0.05) is 18.2 Å². The van der Waals surface area contributed by atoms with Crippen LogP contribution >= 0.6 is 0 Å². The summed E-state index contributed by atoms with van der Waals surface area (Å²) >= 11 is 0. The quantitative estimate of drug-likeness (QED) is 0.469. The normalized spacial score (nSPS) is 21.2. The first-order chi connectivity index (χ1) is 10.1. The lowest BCUT2D eigenvalue weighted by atomic mass is 9.96. The van der Waals surface area contributed by atoms with Crippen LogP contribution in [-0.4, -0.2) is 37.5 Å². The summed E-state index contributed by atoms with van der Waals surface area (Å²) in [6, 6.07) is 7.50. The van der Waals surface area contributed by atoms with Crippen molar-refractivity contribution in [1.29, 1.82) is 0 Å². The van der Waals surface area contributed by atoms with E-state index in [1.165, 1.54) is 7.11 Å². The van der Waals surface area contributed by atoms with Crippen LogP contribution in [-0.2, 0) is 20.9 Å². The number of likely N-dealkylation sites (tertiary alicyclic amines) is 1. The maximum atomic E-state index is 12.4. The van der Waals surface area contributed by atoms with Crippen molar-refractivity contribution in [1.82, 2.24) is 4.90 Å². The maximum Gasteiger partial charge on any atom is 0.318 e. The van der Waals surface area contributed by atoms with E-state index < -0.39 is 11.9 Å². The summed E-state index contributed by atoms with van der Waals surface area (Å²) in [4.78, 5) is 25.8. The molecule has 0 spiro atoms. The van der Waals surface area contributed by atoms with Gasteiger partial charge in [0.25, 0.3) is 0 Å². The van der Waals surface area contributed by atoms with Crippen LogP contribution in [0.4, 0.5) is 0 Å². The second-order valence-electron chi connectivity index (χ2n) is 4.97. The van der Waals surface area contributed by atoms with Crippen molar-refractivity contribution in [3.63, 3.8) is 0 Å². The van der Waals surface area contributed by atoms with Gasteiger partial charge in [-0.3, -0.25) is 9.59 Å². The summed E-state index contributed by atoms with van der Waals surface area (Å²) in [5.74, 6) is -0.915. The Labute approximate surface area is 124 Å². The fourth-order valence-corrected chi connectivity index (χ4v) is 2.54. The Morgan fingerprint density at radius 3 is 2.57 bits per heavy atom. The summed E-state index contributed by atoms with van der Waals surface area (Å²) in [5.41, 5.74) is 0.984. The van der Waals surface area contributed by atoms with Gasteiger partial charge in [0.15, 0.2) is 0 Å². The SMILES string of the molecule is C=C[C@H]1CN(Cc2ccc(OC)cc2)C(=O)[C@@H]1C(=O)OC. The molecule has 2 rings (SSSR count). The molecule has 0 radical (unpaired) electrons. The van der Waals surface area contributed by atoms with Crippen LogP contribution in [0.1, 0.15) is 5.56 Å². The molecule has 112 valence electrons. The number of hydrogen-bond acceptors (Lipinski definition) is 4. The lowest BCUT2D eigenvalue weighted by molar-refractivity contribution is -0.151. The van der Waals surface area contributed by atoms with Gasteiger partial charge in [0.1, 0.15) is 11.7 Å². The molecule has 5 heteroatoms. The molecule has 1 amide bonds. The number of benzene rings is 1. The summed E-state index contributed by atoms with van der Waals surface area (Å²) in [7, 11) is 2.90. The third-order valence-electron chi connectivity index (χ3n) is 3.73. The van der Waals surface area contributed by atoms with Crippen LogP contribution in [0.3, 0.4) is 0 Å². The molecule has 1 aliphatic rings. The number of methoxy groups -OCH3 is 2. The Morgan fingerprint density at radius 1 is 1.38 bits per heavy atom. The summed E-state index contributed by atoms with van der Waals surface area (Å²) in [5, 5.41) is 0. The molecule has 0 N–H and O–H groups in total. The van der Waals surface area contributed by atoms with E-state index in [1.54, 1.807) is 18.1 Å². The van der Waals surface area contributed by atoms with Crippen LogP contribution in [0, 0.1) is 11.8 Å². The third kappa shape index (κ3) is 3.07. The molecule has 21 heavy (non-hydrogen) atoms. The minimum absolute atomic E-state index is 0.205. The molecule has 1 saturated heterocycles. The fourth-order valence-electron chi connectivity index (χ4n) is 2.54. The van der Waals surface area contributed by atoms with Crippen LogP contribution in [0.15, 0.2) is 36.9 Å². The smallest absolute Gasteiger partial charge is 0.318 e. The highest BCUT2D eigenvalue weighted by Gasteiger charge is 2.44. The zero-order valence-electron chi connectivity index (χ0n) is 12.2. The first-order valence-corrected chi connectivity index (χ1v) is 6.72. The van der Waals surface area contributed by atoms with Gasteiger partial charge in [0.2, 0.25) is 5.91 Å². The van der Waals surface area contributed by atoms with Crippen molar-refractivity contribution < 1.29 is 19.1 Å². The van der Waals surface area contributed by atoms with Crippen LogP contribution in [0.5, 0.6) is 5.75 Å².